The highest BCUT2D eigenvalue weighted by atomic mass is 16.4. The number of carbonyl (C=O) groups excluding carboxylic acids is 1. The van der Waals surface area contributed by atoms with Gasteiger partial charge in [-0.3, -0.25) is 9.59 Å². The topological polar surface area (TPSA) is 70.8 Å². The molecule has 1 saturated heterocycles. The number of carboxylic acids is 1. The van der Waals surface area contributed by atoms with Crippen LogP contribution >= 0.6 is 0 Å². The summed E-state index contributed by atoms with van der Waals surface area (Å²) in [6, 6.07) is 7.57. The average molecular weight is 301 g/mol. The van der Waals surface area contributed by atoms with Crippen molar-refractivity contribution < 1.29 is 19.1 Å². The highest BCUT2D eigenvalue weighted by Gasteiger charge is 2.34. The van der Waals surface area contributed by atoms with E-state index in [0.717, 1.165) is 10.9 Å². The van der Waals surface area contributed by atoms with Crippen LogP contribution in [0.1, 0.15) is 29.5 Å². The second-order valence-electron chi connectivity index (χ2n) is 6.01. The third-order valence-corrected chi connectivity index (χ3v) is 4.55. The fraction of sp³-hybridized carbons (Fsp3) is 0.412. The normalized spacial score (nSPS) is 22.0. The smallest absolute Gasteiger partial charge is 0.306 e. The van der Waals surface area contributed by atoms with Crippen LogP contribution in [0.2, 0.25) is 0 Å². The van der Waals surface area contributed by atoms with Gasteiger partial charge in [0, 0.05) is 24.0 Å². The van der Waals surface area contributed by atoms with Crippen molar-refractivity contribution in [1.82, 2.24) is 4.90 Å². The number of benzene rings is 1. The first-order valence-electron chi connectivity index (χ1n) is 7.49. The number of aliphatic carboxylic acids is 1. The van der Waals surface area contributed by atoms with Crippen LogP contribution in [-0.4, -0.2) is 35.0 Å². The molecule has 2 unspecified atom stereocenters. The van der Waals surface area contributed by atoms with Gasteiger partial charge < -0.3 is 14.4 Å². The number of carbonyl (C=O) groups is 2. The second kappa shape index (κ2) is 5.48. The number of rotatable bonds is 2. The molecule has 22 heavy (non-hydrogen) atoms. The Bertz CT molecular complexity index is 733. The predicted molar refractivity (Wildman–Crippen MR) is 81.8 cm³/mol. The number of fused-ring (bicyclic) bond motifs is 1. The molecule has 116 valence electrons. The number of likely N-dealkylation sites (tertiary alicyclic amines) is 1. The molecule has 1 N–H and O–H groups in total. The maximum Gasteiger partial charge on any atom is 0.306 e. The van der Waals surface area contributed by atoms with Gasteiger partial charge in [-0.2, -0.15) is 0 Å². The van der Waals surface area contributed by atoms with Crippen LogP contribution in [0, 0.1) is 18.8 Å². The fourth-order valence-corrected chi connectivity index (χ4v) is 3.22. The third-order valence-electron chi connectivity index (χ3n) is 4.55. The lowest BCUT2D eigenvalue weighted by Gasteiger charge is -2.34. The molecular formula is C17H19NO4. The highest BCUT2D eigenvalue weighted by Crippen LogP contribution is 2.29. The lowest BCUT2D eigenvalue weighted by molar-refractivity contribution is -0.145. The minimum atomic E-state index is -0.778. The molecule has 0 bridgehead atoms. The molecule has 5 heteroatoms. The van der Waals surface area contributed by atoms with Gasteiger partial charge in [0.15, 0.2) is 5.76 Å². The van der Waals surface area contributed by atoms with Crippen LogP contribution in [0.25, 0.3) is 11.0 Å². The van der Waals surface area contributed by atoms with E-state index in [-0.39, 0.29) is 17.7 Å². The summed E-state index contributed by atoms with van der Waals surface area (Å²) in [6.45, 7) is 4.67. The lowest BCUT2D eigenvalue weighted by atomic mass is 9.87. The van der Waals surface area contributed by atoms with E-state index in [1.807, 2.05) is 38.1 Å². The molecule has 2 aromatic rings. The number of hydrogen-bond acceptors (Lipinski definition) is 3. The molecule has 0 radical (unpaired) electrons. The van der Waals surface area contributed by atoms with E-state index in [9.17, 15) is 9.59 Å². The Hall–Kier alpha value is -2.30. The largest absolute Gasteiger partial charge is 0.481 e. The SMILES string of the molecule is Cc1c(C(=O)N2CCC(C(=O)O)C(C)C2)oc2ccccc12. The van der Waals surface area contributed by atoms with Gasteiger partial charge >= 0.3 is 5.97 Å². The zero-order chi connectivity index (χ0) is 15.9. The summed E-state index contributed by atoms with van der Waals surface area (Å²) in [5.74, 6) is -0.994. The van der Waals surface area contributed by atoms with Crippen LogP contribution in [-0.2, 0) is 4.79 Å². The predicted octanol–water partition coefficient (Wildman–Crippen LogP) is 2.92. The van der Waals surface area contributed by atoms with Crippen LogP contribution in [0.3, 0.4) is 0 Å². The highest BCUT2D eigenvalue weighted by molar-refractivity contribution is 5.99. The van der Waals surface area contributed by atoms with E-state index in [2.05, 4.69) is 0 Å². The number of nitrogens with zero attached hydrogens (tertiary/aromatic N) is 1. The Kier molecular flexibility index (Phi) is 3.64. The van der Waals surface area contributed by atoms with Gasteiger partial charge in [0.1, 0.15) is 5.58 Å². The van der Waals surface area contributed by atoms with Crippen molar-refractivity contribution >= 4 is 22.8 Å². The number of carboxylic acid groups (broad SMARTS) is 1. The van der Waals surface area contributed by atoms with Gasteiger partial charge in [-0.15, -0.1) is 0 Å². The number of aryl methyl sites for hydroxylation is 1. The molecule has 0 saturated carbocycles. The number of piperidine rings is 1. The van der Waals surface area contributed by atoms with Gasteiger partial charge in [-0.05, 0) is 25.3 Å². The molecule has 1 amide bonds. The van der Waals surface area contributed by atoms with Crippen molar-refractivity contribution in [2.24, 2.45) is 11.8 Å². The monoisotopic (exact) mass is 301 g/mol. The first-order valence-corrected chi connectivity index (χ1v) is 7.49. The first kappa shape index (κ1) is 14.6. The number of furan rings is 1. The van der Waals surface area contributed by atoms with E-state index in [0.29, 0.717) is 30.9 Å². The summed E-state index contributed by atoms with van der Waals surface area (Å²) in [4.78, 5) is 25.6. The van der Waals surface area contributed by atoms with Crippen molar-refractivity contribution in [3.05, 3.63) is 35.6 Å². The molecule has 1 aliphatic rings. The zero-order valence-corrected chi connectivity index (χ0v) is 12.7. The molecule has 1 aromatic carbocycles. The molecule has 0 aliphatic carbocycles. The maximum atomic E-state index is 12.7. The Morgan fingerprint density at radius 3 is 2.68 bits per heavy atom. The number of para-hydroxylation sites is 1. The molecule has 5 nitrogen and oxygen atoms in total. The summed E-state index contributed by atoms with van der Waals surface area (Å²) in [5, 5.41) is 10.1. The Labute approximate surface area is 128 Å². The van der Waals surface area contributed by atoms with E-state index in [1.165, 1.54) is 0 Å². The zero-order valence-electron chi connectivity index (χ0n) is 12.7. The average Bonchev–Trinajstić information content (AvgIpc) is 2.83. The Morgan fingerprint density at radius 1 is 1.32 bits per heavy atom. The summed E-state index contributed by atoms with van der Waals surface area (Å²) in [5.41, 5.74) is 1.55. The summed E-state index contributed by atoms with van der Waals surface area (Å²) in [6.07, 6.45) is 0.488. The molecular weight excluding hydrogens is 282 g/mol. The number of hydrogen-bond donors (Lipinski definition) is 1. The number of amides is 1. The molecule has 1 aliphatic heterocycles. The van der Waals surface area contributed by atoms with Crippen LogP contribution in [0.5, 0.6) is 0 Å². The molecule has 3 rings (SSSR count). The van der Waals surface area contributed by atoms with Crippen LogP contribution < -0.4 is 0 Å². The van der Waals surface area contributed by atoms with E-state index < -0.39 is 5.97 Å². The fourth-order valence-electron chi connectivity index (χ4n) is 3.22. The molecule has 2 heterocycles. The van der Waals surface area contributed by atoms with Crippen LogP contribution in [0.4, 0.5) is 0 Å². The molecule has 1 fully saturated rings. The van der Waals surface area contributed by atoms with Gasteiger partial charge in [-0.1, -0.05) is 25.1 Å². The van der Waals surface area contributed by atoms with Crippen molar-refractivity contribution in [3.8, 4) is 0 Å². The maximum absolute atomic E-state index is 12.7. The molecule has 0 spiro atoms. The third kappa shape index (κ3) is 2.36. The van der Waals surface area contributed by atoms with Gasteiger partial charge in [-0.25, -0.2) is 0 Å². The van der Waals surface area contributed by atoms with Gasteiger partial charge in [0.05, 0.1) is 5.92 Å². The van der Waals surface area contributed by atoms with Crippen LogP contribution in [0.15, 0.2) is 28.7 Å². The minimum absolute atomic E-state index is 0.0557. The first-order chi connectivity index (χ1) is 10.5. The Morgan fingerprint density at radius 2 is 2.05 bits per heavy atom. The van der Waals surface area contributed by atoms with E-state index >= 15 is 0 Å². The van der Waals surface area contributed by atoms with E-state index in [1.54, 1.807) is 4.90 Å². The molecule has 2 atom stereocenters. The molecule has 1 aromatic heterocycles. The Balaban J connectivity index is 1.85. The standard InChI is InChI=1S/C17H19NO4/c1-10-9-18(8-7-12(10)17(20)21)16(19)15-11(2)13-5-3-4-6-14(13)22-15/h3-6,10,12H,7-9H2,1-2H3,(H,20,21). The summed E-state index contributed by atoms with van der Waals surface area (Å²) >= 11 is 0. The summed E-state index contributed by atoms with van der Waals surface area (Å²) in [7, 11) is 0. The quantitative estimate of drug-likeness (QED) is 0.926. The van der Waals surface area contributed by atoms with Crippen molar-refractivity contribution in [2.45, 2.75) is 20.3 Å². The second-order valence-corrected chi connectivity index (χ2v) is 6.01. The lowest BCUT2D eigenvalue weighted by Crippen LogP contribution is -2.45. The van der Waals surface area contributed by atoms with Gasteiger partial charge in [0.25, 0.3) is 5.91 Å². The van der Waals surface area contributed by atoms with E-state index in [4.69, 9.17) is 9.52 Å². The van der Waals surface area contributed by atoms with Gasteiger partial charge in [0.2, 0.25) is 0 Å². The van der Waals surface area contributed by atoms with Crippen molar-refractivity contribution in [3.63, 3.8) is 0 Å². The van der Waals surface area contributed by atoms with Crippen molar-refractivity contribution in [2.75, 3.05) is 13.1 Å². The van der Waals surface area contributed by atoms with Crippen molar-refractivity contribution in [1.29, 1.82) is 0 Å². The summed E-state index contributed by atoms with van der Waals surface area (Å²) < 4.78 is 5.72. The minimum Gasteiger partial charge on any atom is -0.481 e.